The standard InChI is InChI=1S/C28H32N2O2/c1-2-6-24-14-21(7-8-23(24)5-1)9-12-29-11-3-4-22(17-29)18-30-13-10-25-15-27-28(32-20-31-27)16-26(25)19-30/h1-2,5-8,14-16,22H,3-4,9-13,17-20H2. The minimum atomic E-state index is 0.360. The number of benzene rings is 3. The molecule has 3 heterocycles. The highest BCUT2D eigenvalue weighted by Gasteiger charge is 2.26. The largest absolute Gasteiger partial charge is 0.454 e. The van der Waals surface area contributed by atoms with Crippen LogP contribution < -0.4 is 9.47 Å². The number of nitrogens with zero attached hydrogens (tertiary/aromatic N) is 2. The van der Waals surface area contributed by atoms with Crippen LogP contribution >= 0.6 is 0 Å². The maximum atomic E-state index is 5.60. The van der Waals surface area contributed by atoms with Gasteiger partial charge < -0.3 is 14.4 Å². The molecule has 0 radical (unpaired) electrons. The van der Waals surface area contributed by atoms with Crippen molar-refractivity contribution in [1.29, 1.82) is 0 Å². The summed E-state index contributed by atoms with van der Waals surface area (Å²) < 4.78 is 11.2. The summed E-state index contributed by atoms with van der Waals surface area (Å²) in [7, 11) is 0. The van der Waals surface area contributed by atoms with Crippen LogP contribution in [0.15, 0.2) is 54.6 Å². The summed E-state index contributed by atoms with van der Waals surface area (Å²) in [5.74, 6) is 2.62. The van der Waals surface area contributed by atoms with Crippen LogP contribution in [0, 0.1) is 5.92 Å². The van der Waals surface area contributed by atoms with Gasteiger partial charge in [-0.05, 0) is 77.7 Å². The predicted octanol–water partition coefficient (Wildman–Crippen LogP) is 4.88. The quantitative estimate of drug-likeness (QED) is 0.578. The van der Waals surface area contributed by atoms with Crippen LogP contribution in [0.25, 0.3) is 10.8 Å². The molecule has 3 aromatic rings. The van der Waals surface area contributed by atoms with Gasteiger partial charge in [0, 0.05) is 32.7 Å². The molecule has 3 aliphatic rings. The summed E-state index contributed by atoms with van der Waals surface area (Å²) in [6.45, 7) is 7.41. The van der Waals surface area contributed by atoms with E-state index >= 15 is 0 Å². The number of likely N-dealkylation sites (tertiary alicyclic amines) is 1. The first-order valence-corrected chi connectivity index (χ1v) is 12.1. The first-order valence-electron chi connectivity index (χ1n) is 12.1. The Labute approximate surface area is 190 Å². The second kappa shape index (κ2) is 8.76. The van der Waals surface area contributed by atoms with Crippen molar-refractivity contribution in [3.8, 4) is 11.5 Å². The Balaban J connectivity index is 1.04. The van der Waals surface area contributed by atoms with Crippen molar-refractivity contribution >= 4 is 10.8 Å². The number of hydrogen-bond acceptors (Lipinski definition) is 4. The molecule has 0 bridgehead atoms. The molecule has 0 spiro atoms. The van der Waals surface area contributed by atoms with E-state index in [9.17, 15) is 0 Å². The lowest BCUT2D eigenvalue weighted by Gasteiger charge is -2.37. The minimum absolute atomic E-state index is 0.360. The van der Waals surface area contributed by atoms with E-state index < -0.39 is 0 Å². The number of piperidine rings is 1. The Kier molecular flexibility index (Phi) is 5.50. The van der Waals surface area contributed by atoms with Gasteiger partial charge in [-0.1, -0.05) is 42.5 Å². The van der Waals surface area contributed by atoms with Crippen molar-refractivity contribution in [3.63, 3.8) is 0 Å². The van der Waals surface area contributed by atoms with E-state index in [0.29, 0.717) is 6.79 Å². The van der Waals surface area contributed by atoms with Crippen molar-refractivity contribution < 1.29 is 9.47 Å². The Morgan fingerprint density at radius 3 is 2.59 bits per heavy atom. The fourth-order valence-electron chi connectivity index (χ4n) is 5.71. The van der Waals surface area contributed by atoms with E-state index in [-0.39, 0.29) is 0 Å². The fraction of sp³-hybridized carbons (Fsp3) is 0.429. The lowest BCUT2D eigenvalue weighted by Crippen LogP contribution is -2.43. The highest BCUT2D eigenvalue weighted by molar-refractivity contribution is 5.82. The third kappa shape index (κ3) is 4.22. The summed E-state index contributed by atoms with van der Waals surface area (Å²) in [6.07, 6.45) is 4.94. The van der Waals surface area contributed by atoms with Gasteiger partial charge in [0.25, 0.3) is 0 Å². The molecule has 0 saturated carbocycles. The van der Waals surface area contributed by atoms with Crippen LogP contribution in [0.4, 0.5) is 0 Å². The molecule has 3 aliphatic heterocycles. The van der Waals surface area contributed by atoms with Gasteiger partial charge in [0.1, 0.15) is 0 Å². The van der Waals surface area contributed by atoms with Gasteiger partial charge >= 0.3 is 0 Å². The topological polar surface area (TPSA) is 24.9 Å². The molecule has 1 fully saturated rings. The first-order chi connectivity index (χ1) is 15.8. The monoisotopic (exact) mass is 428 g/mol. The van der Waals surface area contributed by atoms with E-state index in [1.165, 1.54) is 66.5 Å². The summed E-state index contributed by atoms with van der Waals surface area (Å²) in [5, 5.41) is 2.69. The van der Waals surface area contributed by atoms with E-state index in [1.807, 2.05) is 0 Å². The molecule has 0 aliphatic carbocycles. The van der Waals surface area contributed by atoms with Gasteiger partial charge in [-0.2, -0.15) is 0 Å². The van der Waals surface area contributed by atoms with Crippen molar-refractivity contribution in [2.24, 2.45) is 5.92 Å². The SMILES string of the molecule is c1ccc2cc(CCN3CCCC(CN4CCc5cc6c(cc5C4)OCO6)C3)ccc2c1. The predicted molar refractivity (Wildman–Crippen MR) is 128 cm³/mol. The molecule has 0 amide bonds. The zero-order valence-electron chi connectivity index (χ0n) is 18.8. The van der Waals surface area contributed by atoms with Gasteiger partial charge in [-0.25, -0.2) is 0 Å². The van der Waals surface area contributed by atoms with Gasteiger partial charge in [0.2, 0.25) is 6.79 Å². The van der Waals surface area contributed by atoms with E-state index in [4.69, 9.17) is 9.47 Å². The van der Waals surface area contributed by atoms with Crippen LogP contribution in [0.2, 0.25) is 0 Å². The second-order valence-corrected chi connectivity index (χ2v) is 9.70. The molecule has 3 aromatic carbocycles. The van der Waals surface area contributed by atoms with E-state index in [2.05, 4.69) is 64.4 Å². The van der Waals surface area contributed by atoms with Gasteiger partial charge in [0.15, 0.2) is 11.5 Å². The Morgan fingerprint density at radius 1 is 0.844 bits per heavy atom. The molecule has 0 N–H and O–H groups in total. The van der Waals surface area contributed by atoms with Crippen molar-refractivity contribution in [1.82, 2.24) is 9.80 Å². The third-order valence-electron chi connectivity index (χ3n) is 7.44. The van der Waals surface area contributed by atoms with Crippen molar-refractivity contribution in [2.75, 3.05) is 39.5 Å². The third-order valence-corrected chi connectivity index (χ3v) is 7.44. The molecular formula is C28H32N2O2. The Morgan fingerprint density at radius 2 is 1.69 bits per heavy atom. The highest BCUT2D eigenvalue weighted by atomic mass is 16.7. The molecular weight excluding hydrogens is 396 g/mol. The molecule has 1 unspecified atom stereocenters. The smallest absolute Gasteiger partial charge is 0.231 e. The maximum Gasteiger partial charge on any atom is 0.231 e. The van der Waals surface area contributed by atoms with E-state index in [1.54, 1.807) is 0 Å². The number of rotatable bonds is 5. The molecule has 6 rings (SSSR count). The number of hydrogen-bond donors (Lipinski definition) is 0. The normalized spacial score (nSPS) is 21.1. The average molecular weight is 429 g/mol. The molecule has 32 heavy (non-hydrogen) atoms. The average Bonchev–Trinajstić information content (AvgIpc) is 3.29. The highest BCUT2D eigenvalue weighted by Crippen LogP contribution is 2.37. The maximum absolute atomic E-state index is 5.60. The van der Waals surface area contributed by atoms with Gasteiger partial charge in [0.05, 0.1) is 0 Å². The fourth-order valence-corrected chi connectivity index (χ4v) is 5.71. The minimum Gasteiger partial charge on any atom is -0.454 e. The summed E-state index contributed by atoms with van der Waals surface area (Å²) >= 11 is 0. The molecule has 0 aromatic heterocycles. The van der Waals surface area contributed by atoms with Crippen LogP contribution in [0.5, 0.6) is 11.5 Å². The van der Waals surface area contributed by atoms with Gasteiger partial charge in [-0.3, -0.25) is 4.90 Å². The van der Waals surface area contributed by atoms with Crippen LogP contribution in [-0.4, -0.2) is 49.3 Å². The molecule has 4 heteroatoms. The summed E-state index contributed by atoms with van der Waals surface area (Å²) in [6, 6.07) is 20.0. The summed E-state index contributed by atoms with van der Waals surface area (Å²) in [4.78, 5) is 5.35. The van der Waals surface area contributed by atoms with Crippen LogP contribution in [-0.2, 0) is 19.4 Å². The lowest BCUT2D eigenvalue weighted by atomic mass is 9.94. The number of fused-ring (bicyclic) bond motifs is 3. The second-order valence-electron chi connectivity index (χ2n) is 9.70. The Bertz CT molecular complexity index is 1110. The zero-order valence-corrected chi connectivity index (χ0v) is 18.8. The Hall–Kier alpha value is -2.56. The molecule has 166 valence electrons. The van der Waals surface area contributed by atoms with Crippen molar-refractivity contribution in [3.05, 3.63) is 71.3 Å². The van der Waals surface area contributed by atoms with Crippen LogP contribution in [0.3, 0.4) is 0 Å². The molecule has 1 saturated heterocycles. The van der Waals surface area contributed by atoms with E-state index in [0.717, 1.165) is 43.3 Å². The van der Waals surface area contributed by atoms with Crippen LogP contribution in [0.1, 0.15) is 29.5 Å². The van der Waals surface area contributed by atoms with Gasteiger partial charge in [-0.15, -0.1) is 0 Å². The molecule has 4 nitrogen and oxygen atoms in total. The first kappa shape index (κ1) is 20.1. The zero-order chi connectivity index (χ0) is 21.3. The van der Waals surface area contributed by atoms with Crippen molar-refractivity contribution in [2.45, 2.75) is 32.2 Å². The number of ether oxygens (including phenoxy) is 2. The molecule has 1 atom stereocenters. The lowest BCUT2D eigenvalue weighted by molar-refractivity contribution is 0.127. The summed E-state index contributed by atoms with van der Waals surface area (Å²) in [5.41, 5.74) is 4.31.